The van der Waals surface area contributed by atoms with Crippen molar-refractivity contribution in [2.24, 2.45) is 0 Å². The van der Waals surface area contributed by atoms with Gasteiger partial charge in [0.15, 0.2) is 5.69 Å². The van der Waals surface area contributed by atoms with E-state index in [0.29, 0.717) is 16.7 Å². The molecule has 2 fully saturated rings. The molecular weight excluding hydrogens is 336 g/mol. The van der Waals surface area contributed by atoms with E-state index in [1.165, 1.54) is 5.56 Å². The van der Waals surface area contributed by atoms with E-state index in [-0.39, 0.29) is 11.9 Å². The molecule has 0 saturated carbocycles. The van der Waals surface area contributed by atoms with E-state index in [0.717, 1.165) is 45.3 Å². The lowest BCUT2D eigenvalue weighted by Gasteiger charge is -2.25. The molecule has 0 bridgehead atoms. The molecule has 6 heteroatoms. The highest BCUT2D eigenvalue weighted by Gasteiger charge is 2.32. The van der Waals surface area contributed by atoms with Crippen LogP contribution < -0.4 is 4.90 Å². The van der Waals surface area contributed by atoms with Crippen LogP contribution in [0.25, 0.3) is 0 Å². The van der Waals surface area contributed by atoms with Crippen molar-refractivity contribution in [3.63, 3.8) is 0 Å². The summed E-state index contributed by atoms with van der Waals surface area (Å²) in [6.07, 6.45) is 5.79. The maximum Gasteiger partial charge on any atom is 0.274 e. The van der Waals surface area contributed by atoms with Crippen molar-refractivity contribution in [1.29, 1.82) is 0 Å². The molecule has 1 atom stereocenters. The Morgan fingerprint density at radius 1 is 1.08 bits per heavy atom. The van der Waals surface area contributed by atoms with Crippen LogP contribution in [0.15, 0.2) is 36.5 Å². The SMILES string of the molecule is O=C(c1nc(N2CCCC2)ncc1Cl)N1CCCC1c1ccccc1. The second kappa shape index (κ2) is 7.00. The molecule has 2 saturated heterocycles. The van der Waals surface area contributed by atoms with Gasteiger partial charge < -0.3 is 9.80 Å². The summed E-state index contributed by atoms with van der Waals surface area (Å²) >= 11 is 6.28. The van der Waals surface area contributed by atoms with Gasteiger partial charge in [0, 0.05) is 19.6 Å². The third-order valence-electron chi connectivity index (χ3n) is 5.02. The van der Waals surface area contributed by atoms with E-state index in [1.807, 2.05) is 23.1 Å². The van der Waals surface area contributed by atoms with Gasteiger partial charge in [-0.2, -0.15) is 0 Å². The summed E-state index contributed by atoms with van der Waals surface area (Å²) in [6.45, 7) is 2.61. The number of carbonyl (C=O) groups is 1. The van der Waals surface area contributed by atoms with Crippen LogP contribution in [0.2, 0.25) is 5.02 Å². The molecule has 1 amide bonds. The second-order valence-corrected chi connectivity index (χ2v) is 7.04. The highest BCUT2D eigenvalue weighted by Crippen LogP contribution is 2.34. The largest absolute Gasteiger partial charge is 0.341 e. The fourth-order valence-electron chi connectivity index (χ4n) is 3.74. The zero-order valence-corrected chi connectivity index (χ0v) is 14.8. The molecule has 2 aliphatic heterocycles. The molecule has 2 aliphatic rings. The Kier molecular flexibility index (Phi) is 4.57. The van der Waals surface area contributed by atoms with Crippen molar-refractivity contribution in [2.75, 3.05) is 24.5 Å². The van der Waals surface area contributed by atoms with Crippen molar-refractivity contribution in [2.45, 2.75) is 31.7 Å². The number of benzene rings is 1. The van der Waals surface area contributed by atoms with Crippen LogP contribution >= 0.6 is 11.6 Å². The number of hydrogen-bond acceptors (Lipinski definition) is 4. The average Bonchev–Trinajstić information content (AvgIpc) is 3.34. The molecular formula is C19H21ClN4O. The monoisotopic (exact) mass is 356 g/mol. The van der Waals surface area contributed by atoms with Crippen molar-refractivity contribution in [1.82, 2.24) is 14.9 Å². The van der Waals surface area contributed by atoms with Gasteiger partial charge in [-0.15, -0.1) is 0 Å². The maximum absolute atomic E-state index is 13.2. The Bertz CT molecular complexity index is 761. The van der Waals surface area contributed by atoms with Crippen molar-refractivity contribution in [3.8, 4) is 0 Å². The molecule has 130 valence electrons. The standard InChI is InChI=1S/C19H21ClN4O/c20-15-13-21-19(23-10-4-5-11-23)22-17(15)18(25)24-12-6-9-16(24)14-7-2-1-3-8-14/h1-3,7-8,13,16H,4-6,9-12H2. The van der Waals surface area contributed by atoms with Gasteiger partial charge >= 0.3 is 0 Å². The first-order chi connectivity index (χ1) is 12.2. The van der Waals surface area contributed by atoms with Crippen LogP contribution in [0, 0.1) is 0 Å². The van der Waals surface area contributed by atoms with Gasteiger partial charge in [0.25, 0.3) is 5.91 Å². The molecule has 0 radical (unpaired) electrons. The number of amides is 1. The van der Waals surface area contributed by atoms with Gasteiger partial charge in [0.1, 0.15) is 0 Å². The fraction of sp³-hybridized carbons (Fsp3) is 0.421. The van der Waals surface area contributed by atoms with Crippen LogP contribution in [0.1, 0.15) is 47.8 Å². The van der Waals surface area contributed by atoms with Gasteiger partial charge in [-0.1, -0.05) is 41.9 Å². The Labute approximate surface area is 152 Å². The van der Waals surface area contributed by atoms with E-state index < -0.39 is 0 Å². The first kappa shape index (κ1) is 16.3. The predicted octanol–water partition coefficient (Wildman–Crippen LogP) is 3.71. The molecule has 25 heavy (non-hydrogen) atoms. The maximum atomic E-state index is 13.2. The summed E-state index contributed by atoms with van der Waals surface area (Å²) in [5.74, 6) is 0.514. The summed E-state index contributed by atoms with van der Waals surface area (Å²) in [6, 6.07) is 10.3. The Balaban J connectivity index is 1.62. The third kappa shape index (κ3) is 3.21. The molecule has 0 N–H and O–H groups in total. The number of likely N-dealkylation sites (tertiary alicyclic amines) is 1. The number of nitrogens with zero attached hydrogens (tertiary/aromatic N) is 4. The number of carbonyl (C=O) groups excluding carboxylic acids is 1. The van der Waals surface area contributed by atoms with Crippen molar-refractivity contribution >= 4 is 23.5 Å². The first-order valence-electron chi connectivity index (χ1n) is 8.87. The summed E-state index contributed by atoms with van der Waals surface area (Å²) < 4.78 is 0. The number of halogens is 1. The van der Waals surface area contributed by atoms with Crippen molar-refractivity contribution in [3.05, 3.63) is 52.8 Å². The fourth-order valence-corrected chi connectivity index (χ4v) is 3.92. The van der Waals surface area contributed by atoms with Crippen LogP contribution in [0.5, 0.6) is 0 Å². The highest BCUT2D eigenvalue weighted by atomic mass is 35.5. The third-order valence-corrected chi connectivity index (χ3v) is 5.30. The lowest BCUT2D eigenvalue weighted by molar-refractivity contribution is 0.0730. The Morgan fingerprint density at radius 2 is 1.84 bits per heavy atom. The molecule has 4 rings (SSSR count). The van der Waals surface area contributed by atoms with Crippen LogP contribution in [0.4, 0.5) is 5.95 Å². The number of anilines is 1. The van der Waals surface area contributed by atoms with Gasteiger partial charge in [-0.25, -0.2) is 9.97 Å². The molecule has 3 heterocycles. The van der Waals surface area contributed by atoms with Crippen LogP contribution in [-0.2, 0) is 0 Å². The minimum atomic E-state index is -0.0980. The average molecular weight is 357 g/mol. The van der Waals surface area contributed by atoms with Crippen LogP contribution in [-0.4, -0.2) is 40.4 Å². The number of rotatable bonds is 3. The van der Waals surface area contributed by atoms with Gasteiger partial charge in [0.2, 0.25) is 5.95 Å². The number of hydrogen-bond donors (Lipinski definition) is 0. The molecule has 1 aromatic carbocycles. The van der Waals surface area contributed by atoms with E-state index in [9.17, 15) is 4.79 Å². The number of aromatic nitrogens is 2. The van der Waals surface area contributed by atoms with E-state index >= 15 is 0 Å². The van der Waals surface area contributed by atoms with Gasteiger partial charge in [-0.3, -0.25) is 4.79 Å². The first-order valence-corrected chi connectivity index (χ1v) is 9.25. The quantitative estimate of drug-likeness (QED) is 0.841. The van der Waals surface area contributed by atoms with Crippen molar-refractivity contribution < 1.29 is 4.79 Å². The smallest absolute Gasteiger partial charge is 0.274 e. The molecule has 2 aromatic rings. The lowest BCUT2D eigenvalue weighted by atomic mass is 10.0. The Morgan fingerprint density at radius 3 is 2.60 bits per heavy atom. The Hall–Kier alpha value is -2.14. The second-order valence-electron chi connectivity index (χ2n) is 6.63. The van der Waals surface area contributed by atoms with Crippen LogP contribution in [0.3, 0.4) is 0 Å². The zero-order valence-electron chi connectivity index (χ0n) is 14.1. The molecule has 1 aromatic heterocycles. The summed E-state index contributed by atoms with van der Waals surface area (Å²) in [5, 5.41) is 0.326. The topological polar surface area (TPSA) is 49.3 Å². The van der Waals surface area contributed by atoms with E-state index in [2.05, 4.69) is 27.0 Å². The minimum absolute atomic E-state index is 0.0926. The van der Waals surface area contributed by atoms with E-state index in [4.69, 9.17) is 11.6 Å². The normalized spacial score (nSPS) is 20.3. The molecule has 0 spiro atoms. The summed E-state index contributed by atoms with van der Waals surface area (Å²) in [4.78, 5) is 26.0. The van der Waals surface area contributed by atoms with Gasteiger partial charge in [-0.05, 0) is 31.2 Å². The molecule has 0 aliphatic carbocycles. The predicted molar refractivity (Wildman–Crippen MR) is 97.9 cm³/mol. The molecule has 1 unspecified atom stereocenters. The van der Waals surface area contributed by atoms with E-state index in [1.54, 1.807) is 6.20 Å². The minimum Gasteiger partial charge on any atom is -0.341 e. The lowest BCUT2D eigenvalue weighted by Crippen LogP contribution is -2.32. The molecule has 5 nitrogen and oxygen atoms in total. The van der Waals surface area contributed by atoms with Gasteiger partial charge in [0.05, 0.1) is 17.3 Å². The highest BCUT2D eigenvalue weighted by molar-refractivity contribution is 6.33. The summed E-state index contributed by atoms with van der Waals surface area (Å²) in [5.41, 5.74) is 1.49. The zero-order chi connectivity index (χ0) is 17.2. The summed E-state index contributed by atoms with van der Waals surface area (Å²) in [7, 11) is 0.